The van der Waals surface area contributed by atoms with Crippen molar-refractivity contribution >= 4 is 32.7 Å². The van der Waals surface area contributed by atoms with Gasteiger partial charge in [0.1, 0.15) is 0 Å². The van der Waals surface area contributed by atoms with Crippen molar-refractivity contribution < 1.29 is 0 Å². The van der Waals surface area contributed by atoms with Crippen molar-refractivity contribution in [1.82, 2.24) is 0 Å². The van der Waals surface area contributed by atoms with E-state index in [9.17, 15) is 0 Å². The van der Waals surface area contributed by atoms with Crippen molar-refractivity contribution in [3.63, 3.8) is 0 Å². The minimum absolute atomic E-state index is 0.232. The fraction of sp³-hybridized carbons (Fsp3) is 0.0625. The molecule has 1 aliphatic rings. The molecule has 1 atom stereocenters. The van der Waals surface area contributed by atoms with Crippen LogP contribution in [0.3, 0.4) is 0 Å². The van der Waals surface area contributed by atoms with E-state index in [1.165, 1.54) is 27.1 Å². The second-order valence-corrected chi connectivity index (χ2v) is 9.05. The molecule has 4 N–H and O–H groups in total. The number of benzene rings is 5. The van der Waals surface area contributed by atoms with Gasteiger partial charge in [-0.1, -0.05) is 121 Å². The highest BCUT2D eigenvalue weighted by molar-refractivity contribution is 6.07. The lowest BCUT2D eigenvalue weighted by molar-refractivity contribution is 0.506. The molecule has 5 aromatic carbocycles. The van der Waals surface area contributed by atoms with Gasteiger partial charge in [-0.3, -0.25) is 0 Å². The third-order valence-corrected chi connectivity index (χ3v) is 6.92. The highest BCUT2D eigenvalue weighted by Crippen LogP contribution is 2.48. The van der Waals surface area contributed by atoms with Gasteiger partial charge in [0.2, 0.25) is 0 Å². The predicted molar refractivity (Wildman–Crippen MR) is 144 cm³/mol. The third-order valence-electron chi connectivity index (χ3n) is 6.92. The summed E-state index contributed by atoms with van der Waals surface area (Å²) < 4.78 is 0. The van der Waals surface area contributed by atoms with Crippen molar-refractivity contribution in [2.45, 2.75) is 11.6 Å². The Kier molecular flexibility index (Phi) is 4.91. The maximum atomic E-state index is 6.91. The summed E-state index contributed by atoms with van der Waals surface area (Å²) in [6.07, 6.45) is 4.07. The van der Waals surface area contributed by atoms with Crippen molar-refractivity contribution in [1.29, 1.82) is 0 Å². The molecule has 34 heavy (non-hydrogen) atoms. The van der Waals surface area contributed by atoms with Gasteiger partial charge in [-0.05, 0) is 55.5 Å². The van der Waals surface area contributed by atoms with E-state index in [0.717, 1.165) is 22.3 Å². The minimum atomic E-state index is -1.05. The largest absolute Gasteiger partial charge is 0.309 e. The van der Waals surface area contributed by atoms with Gasteiger partial charge in [0.25, 0.3) is 0 Å². The molecule has 2 heteroatoms. The number of fused-ring (bicyclic) bond motifs is 2. The monoisotopic (exact) mass is 438 g/mol. The summed E-state index contributed by atoms with van der Waals surface area (Å²) in [7, 11) is 0. The lowest BCUT2D eigenvalue weighted by Crippen LogP contribution is -2.54. The Bertz CT molecular complexity index is 1560. The molecule has 0 spiro atoms. The Labute approximate surface area is 199 Å². The fourth-order valence-electron chi connectivity index (χ4n) is 5.38. The van der Waals surface area contributed by atoms with Crippen LogP contribution in [0.1, 0.15) is 22.6 Å². The third kappa shape index (κ3) is 3.36. The molecule has 164 valence electrons. The van der Waals surface area contributed by atoms with Gasteiger partial charge in [0, 0.05) is 5.92 Å². The first-order chi connectivity index (χ1) is 16.6. The average molecular weight is 439 g/mol. The van der Waals surface area contributed by atoms with Crippen LogP contribution in [-0.4, -0.2) is 5.66 Å². The maximum Gasteiger partial charge on any atom is 0.0944 e. The molecule has 0 aliphatic heterocycles. The summed E-state index contributed by atoms with van der Waals surface area (Å²) in [6, 6.07) is 40.4. The van der Waals surface area contributed by atoms with E-state index in [2.05, 4.69) is 115 Å². The van der Waals surface area contributed by atoms with Crippen LogP contribution in [-0.2, 0) is 0 Å². The SMILES string of the molecule is NC1(N)C=CC(c2ccccc2)=C(c2cccc3ccccc23)C1c1cccc2ccccc12. The van der Waals surface area contributed by atoms with Crippen LogP contribution in [0.25, 0.3) is 32.7 Å². The molecule has 1 aliphatic carbocycles. The second kappa shape index (κ2) is 8.11. The van der Waals surface area contributed by atoms with Crippen LogP contribution in [0.2, 0.25) is 0 Å². The molecule has 0 fully saturated rings. The molecule has 0 radical (unpaired) electrons. The molecule has 0 bridgehead atoms. The number of hydrogen-bond acceptors (Lipinski definition) is 2. The molecular formula is C32H26N2. The Morgan fingerprint density at radius 2 is 1.15 bits per heavy atom. The molecule has 5 aromatic rings. The lowest BCUT2D eigenvalue weighted by Gasteiger charge is -2.39. The molecule has 0 aromatic heterocycles. The highest BCUT2D eigenvalue weighted by Gasteiger charge is 2.39. The number of rotatable bonds is 3. The fourth-order valence-corrected chi connectivity index (χ4v) is 5.38. The summed E-state index contributed by atoms with van der Waals surface area (Å²) in [5, 5.41) is 4.76. The van der Waals surface area contributed by atoms with Crippen LogP contribution < -0.4 is 11.5 Å². The molecule has 0 heterocycles. The van der Waals surface area contributed by atoms with E-state index in [-0.39, 0.29) is 5.92 Å². The van der Waals surface area contributed by atoms with Crippen LogP contribution in [0, 0.1) is 0 Å². The average Bonchev–Trinajstić information content (AvgIpc) is 2.88. The van der Waals surface area contributed by atoms with Gasteiger partial charge >= 0.3 is 0 Å². The van der Waals surface area contributed by atoms with Gasteiger partial charge in [-0.15, -0.1) is 0 Å². The zero-order valence-corrected chi connectivity index (χ0v) is 18.9. The van der Waals surface area contributed by atoms with Crippen molar-refractivity contribution in [2.75, 3.05) is 0 Å². The first-order valence-electron chi connectivity index (χ1n) is 11.7. The van der Waals surface area contributed by atoms with Crippen LogP contribution in [0.15, 0.2) is 127 Å². The summed E-state index contributed by atoms with van der Waals surface area (Å²) in [4.78, 5) is 0. The van der Waals surface area contributed by atoms with Crippen LogP contribution >= 0.6 is 0 Å². The van der Waals surface area contributed by atoms with E-state index >= 15 is 0 Å². The predicted octanol–water partition coefficient (Wildman–Crippen LogP) is 6.87. The highest BCUT2D eigenvalue weighted by atomic mass is 15.0. The number of nitrogens with two attached hydrogens (primary N) is 2. The van der Waals surface area contributed by atoms with E-state index in [4.69, 9.17) is 11.5 Å². The molecule has 1 unspecified atom stereocenters. The smallest absolute Gasteiger partial charge is 0.0944 e. The van der Waals surface area contributed by atoms with E-state index in [0.29, 0.717) is 0 Å². The van der Waals surface area contributed by atoms with Crippen molar-refractivity contribution in [3.8, 4) is 0 Å². The molecule has 0 amide bonds. The zero-order chi connectivity index (χ0) is 23.1. The first kappa shape index (κ1) is 20.6. The molecule has 0 saturated heterocycles. The van der Waals surface area contributed by atoms with Gasteiger partial charge < -0.3 is 11.5 Å². The maximum absolute atomic E-state index is 6.91. The second-order valence-electron chi connectivity index (χ2n) is 9.05. The van der Waals surface area contributed by atoms with E-state index < -0.39 is 5.66 Å². The Morgan fingerprint density at radius 1 is 0.559 bits per heavy atom. The van der Waals surface area contributed by atoms with Crippen LogP contribution in [0.4, 0.5) is 0 Å². The van der Waals surface area contributed by atoms with E-state index in [1.807, 2.05) is 12.1 Å². The van der Waals surface area contributed by atoms with Gasteiger partial charge in [-0.25, -0.2) is 0 Å². The van der Waals surface area contributed by atoms with E-state index in [1.54, 1.807) is 0 Å². The van der Waals surface area contributed by atoms with Gasteiger partial charge in [0.15, 0.2) is 0 Å². The zero-order valence-electron chi connectivity index (χ0n) is 18.9. The summed E-state index contributed by atoms with van der Waals surface area (Å²) in [5.74, 6) is -0.232. The summed E-state index contributed by atoms with van der Waals surface area (Å²) >= 11 is 0. The Hall–Kier alpha value is -3.98. The van der Waals surface area contributed by atoms with Crippen molar-refractivity contribution in [3.05, 3.63) is 144 Å². The molecular weight excluding hydrogens is 412 g/mol. The topological polar surface area (TPSA) is 52.0 Å². The number of allylic oxidation sites excluding steroid dienone is 2. The van der Waals surface area contributed by atoms with Gasteiger partial charge in [-0.2, -0.15) is 0 Å². The standard InChI is InChI=1S/C32H26N2/c33-32(34)21-20-27(24-10-2-1-3-11-24)30(28-18-8-14-22-12-4-6-16-25(22)28)31(32)29-19-9-15-23-13-5-7-17-26(23)29/h1-21,31H,33-34H2. The quantitative estimate of drug-likeness (QED) is 0.302. The molecule has 2 nitrogen and oxygen atoms in total. The molecule has 6 rings (SSSR count). The van der Waals surface area contributed by atoms with Crippen molar-refractivity contribution in [2.24, 2.45) is 11.5 Å². The minimum Gasteiger partial charge on any atom is -0.309 e. The van der Waals surface area contributed by atoms with Crippen LogP contribution in [0.5, 0.6) is 0 Å². The Balaban J connectivity index is 1.74. The normalized spacial score (nSPS) is 17.4. The first-order valence-corrected chi connectivity index (χ1v) is 11.7. The Morgan fingerprint density at radius 3 is 1.91 bits per heavy atom. The number of hydrogen-bond donors (Lipinski definition) is 2. The summed E-state index contributed by atoms with van der Waals surface area (Å²) in [6.45, 7) is 0. The molecule has 0 saturated carbocycles. The van der Waals surface area contributed by atoms with Gasteiger partial charge in [0.05, 0.1) is 5.66 Å². The summed E-state index contributed by atoms with van der Waals surface area (Å²) in [5.41, 5.74) is 18.6. The lowest BCUT2D eigenvalue weighted by atomic mass is 9.70.